The second-order valence-corrected chi connectivity index (χ2v) is 2.28. The largest absolute Gasteiger partial charge is 0.382 e. The van der Waals surface area contributed by atoms with Gasteiger partial charge >= 0.3 is 0 Å². The monoisotopic (exact) mass is 149 g/mol. The second kappa shape index (κ2) is 1.91. The molecule has 2 aromatic heterocycles. The molecule has 0 unspecified atom stereocenters. The van der Waals surface area contributed by atoms with Gasteiger partial charge < -0.3 is 5.73 Å². The third-order valence-electron chi connectivity index (χ3n) is 1.44. The van der Waals surface area contributed by atoms with Crippen LogP contribution in [-0.2, 0) is 0 Å². The molecule has 0 saturated carbocycles. The molecule has 2 N–H and O–H groups in total. The lowest BCUT2D eigenvalue weighted by Crippen LogP contribution is -1.98. The van der Waals surface area contributed by atoms with Gasteiger partial charge in [-0.2, -0.15) is 4.52 Å². The van der Waals surface area contributed by atoms with Gasteiger partial charge in [0, 0.05) is 0 Å². The Bertz CT molecular complexity index is 391. The number of aryl methyl sites for hydroxylation is 1. The fourth-order valence-electron chi connectivity index (χ4n) is 0.910. The molecule has 2 aromatic rings. The lowest BCUT2D eigenvalue weighted by atomic mass is 10.5. The Morgan fingerprint density at radius 3 is 3.00 bits per heavy atom. The zero-order chi connectivity index (χ0) is 7.84. The van der Waals surface area contributed by atoms with Crippen LogP contribution in [0.15, 0.2) is 12.1 Å². The predicted molar refractivity (Wildman–Crippen MR) is 39.9 cm³/mol. The molecule has 11 heavy (non-hydrogen) atoms. The Hall–Kier alpha value is -1.65. The summed E-state index contributed by atoms with van der Waals surface area (Å²) in [6.07, 6.45) is 0. The van der Waals surface area contributed by atoms with Crippen LogP contribution in [0.4, 0.5) is 5.82 Å². The third-order valence-corrected chi connectivity index (χ3v) is 1.44. The first-order valence-corrected chi connectivity index (χ1v) is 3.22. The highest BCUT2D eigenvalue weighted by molar-refractivity contribution is 5.41. The molecule has 0 fully saturated rings. The molecule has 0 amide bonds. The first kappa shape index (κ1) is 6.09. The summed E-state index contributed by atoms with van der Waals surface area (Å²) >= 11 is 0. The summed E-state index contributed by atoms with van der Waals surface area (Å²) in [5, 5.41) is 11.7. The molecule has 0 aliphatic rings. The lowest BCUT2D eigenvalue weighted by molar-refractivity contribution is 0.882. The maximum absolute atomic E-state index is 5.46. The molecular weight excluding hydrogens is 142 g/mol. The standard InChI is InChI=1S/C6H7N5/c1-4-8-9-6-3-2-5(7)10-11(4)6/h2-3H,1H3,(H2,7,10). The number of rotatable bonds is 0. The molecule has 56 valence electrons. The van der Waals surface area contributed by atoms with Crippen LogP contribution in [0, 0.1) is 6.92 Å². The van der Waals surface area contributed by atoms with Gasteiger partial charge in [0.05, 0.1) is 0 Å². The number of aromatic nitrogens is 4. The van der Waals surface area contributed by atoms with E-state index in [1.165, 1.54) is 0 Å². The predicted octanol–water partition coefficient (Wildman–Crippen LogP) is 0.0149. The molecular formula is C6H7N5. The van der Waals surface area contributed by atoms with Crippen LogP contribution in [0.5, 0.6) is 0 Å². The molecule has 0 radical (unpaired) electrons. The number of hydrogen-bond acceptors (Lipinski definition) is 4. The summed E-state index contributed by atoms with van der Waals surface area (Å²) in [5.41, 5.74) is 6.18. The highest BCUT2D eigenvalue weighted by atomic mass is 15.4. The van der Waals surface area contributed by atoms with Crippen LogP contribution in [0.1, 0.15) is 5.82 Å². The van der Waals surface area contributed by atoms with Crippen LogP contribution in [0.2, 0.25) is 0 Å². The van der Waals surface area contributed by atoms with Crippen LogP contribution in [-0.4, -0.2) is 19.8 Å². The van der Waals surface area contributed by atoms with Crippen molar-refractivity contribution in [1.29, 1.82) is 0 Å². The zero-order valence-electron chi connectivity index (χ0n) is 6.02. The maximum Gasteiger partial charge on any atom is 0.178 e. The summed E-state index contributed by atoms with van der Waals surface area (Å²) in [7, 11) is 0. The van der Waals surface area contributed by atoms with Crippen LogP contribution < -0.4 is 5.73 Å². The number of anilines is 1. The highest BCUT2D eigenvalue weighted by Gasteiger charge is 1.99. The van der Waals surface area contributed by atoms with Gasteiger partial charge in [-0.05, 0) is 19.1 Å². The minimum Gasteiger partial charge on any atom is -0.382 e. The molecule has 5 nitrogen and oxygen atoms in total. The van der Waals surface area contributed by atoms with Crippen molar-refractivity contribution in [3.63, 3.8) is 0 Å². The van der Waals surface area contributed by atoms with Crippen molar-refractivity contribution >= 4 is 11.5 Å². The van der Waals surface area contributed by atoms with E-state index in [1.807, 2.05) is 6.92 Å². The Morgan fingerprint density at radius 1 is 1.36 bits per heavy atom. The Kier molecular flexibility index (Phi) is 1.06. The fourth-order valence-corrected chi connectivity index (χ4v) is 0.910. The number of nitrogens with two attached hydrogens (primary N) is 1. The number of hydrogen-bond donors (Lipinski definition) is 1. The second-order valence-electron chi connectivity index (χ2n) is 2.28. The summed E-state index contributed by atoms with van der Waals surface area (Å²) in [5.74, 6) is 1.22. The normalized spacial score (nSPS) is 10.6. The van der Waals surface area contributed by atoms with Gasteiger partial charge in [0.25, 0.3) is 0 Å². The SMILES string of the molecule is Cc1nnc2ccc(N)nn12. The maximum atomic E-state index is 5.46. The zero-order valence-corrected chi connectivity index (χ0v) is 6.02. The van der Waals surface area contributed by atoms with Crippen LogP contribution >= 0.6 is 0 Å². The van der Waals surface area contributed by atoms with Gasteiger partial charge in [0.15, 0.2) is 11.5 Å². The molecule has 0 aliphatic carbocycles. The van der Waals surface area contributed by atoms with Crippen molar-refractivity contribution in [3.05, 3.63) is 18.0 Å². The van der Waals surface area contributed by atoms with Crippen molar-refractivity contribution in [2.75, 3.05) is 5.73 Å². The van der Waals surface area contributed by atoms with Gasteiger partial charge in [-0.1, -0.05) is 0 Å². The van der Waals surface area contributed by atoms with E-state index in [0.717, 1.165) is 11.5 Å². The van der Waals surface area contributed by atoms with E-state index in [2.05, 4.69) is 15.3 Å². The molecule has 0 atom stereocenters. The number of fused-ring (bicyclic) bond motifs is 1. The fraction of sp³-hybridized carbons (Fsp3) is 0.167. The van der Waals surface area contributed by atoms with Crippen molar-refractivity contribution in [2.24, 2.45) is 0 Å². The van der Waals surface area contributed by atoms with Gasteiger partial charge in [-0.25, -0.2) is 0 Å². The quantitative estimate of drug-likeness (QED) is 0.573. The van der Waals surface area contributed by atoms with Crippen LogP contribution in [0.25, 0.3) is 5.65 Å². The molecule has 0 aromatic carbocycles. The first-order valence-electron chi connectivity index (χ1n) is 3.22. The van der Waals surface area contributed by atoms with Crippen molar-refractivity contribution in [1.82, 2.24) is 19.8 Å². The van der Waals surface area contributed by atoms with E-state index in [4.69, 9.17) is 5.73 Å². The van der Waals surface area contributed by atoms with Crippen molar-refractivity contribution < 1.29 is 0 Å². The Morgan fingerprint density at radius 2 is 2.18 bits per heavy atom. The van der Waals surface area contributed by atoms with Crippen molar-refractivity contribution in [2.45, 2.75) is 6.92 Å². The third kappa shape index (κ3) is 0.813. The van der Waals surface area contributed by atoms with Gasteiger partial charge in [-0.15, -0.1) is 15.3 Å². The molecule has 2 heterocycles. The van der Waals surface area contributed by atoms with E-state index >= 15 is 0 Å². The summed E-state index contributed by atoms with van der Waals surface area (Å²) in [6.45, 7) is 1.83. The summed E-state index contributed by atoms with van der Waals surface area (Å²) in [4.78, 5) is 0. The molecule has 0 bridgehead atoms. The number of nitrogen functional groups attached to an aromatic ring is 1. The molecule has 0 spiro atoms. The first-order chi connectivity index (χ1) is 5.27. The lowest BCUT2D eigenvalue weighted by Gasteiger charge is -1.93. The minimum atomic E-state index is 0.473. The summed E-state index contributed by atoms with van der Waals surface area (Å²) in [6, 6.07) is 3.48. The minimum absolute atomic E-state index is 0.473. The van der Waals surface area contributed by atoms with E-state index < -0.39 is 0 Å². The van der Waals surface area contributed by atoms with E-state index in [0.29, 0.717) is 5.82 Å². The average Bonchev–Trinajstić information content (AvgIpc) is 2.33. The van der Waals surface area contributed by atoms with Crippen molar-refractivity contribution in [3.8, 4) is 0 Å². The molecule has 0 aliphatic heterocycles. The van der Waals surface area contributed by atoms with Gasteiger partial charge in [-0.3, -0.25) is 0 Å². The van der Waals surface area contributed by atoms with E-state index in [9.17, 15) is 0 Å². The smallest absolute Gasteiger partial charge is 0.178 e. The number of nitrogens with zero attached hydrogens (tertiary/aromatic N) is 4. The Balaban J connectivity index is 2.87. The summed E-state index contributed by atoms with van der Waals surface area (Å²) < 4.78 is 1.61. The molecule has 5 heteroatoms. The van der Waals surface area contributed by atoms with Gasteiger partial charge in [0.2, 0.25) is 0 Å². The van der Waals surface area contributed by atoms with Crippen LogP contribution in [0.3, 0.4) is 0 Å². The molecule has 0 saturated heterocycles. The van der Waals surface area contributed by atoms with E-state index in [-0.39, 0.29) is 0 Å². The Labute approximate surface area is 62.9 Å². The molecule has 2 rings (SSSR count). The highest BCUT2D eigenvalue weighted by Crippen LogP contribution is 2.02. The topological polar surface area (TPSA) is 69.1 Å². The average molecular weight is 149 g/mol. The van der Waals surface area contributed by atoms with E-state index in [1.54, 1.807) is 16.6 Å². The van der Waals surface area contributed by atoms with Gasteiger partial charge in [0.1, 0.15) is 5.82 Å².